The Morgan fingerprint density at radius 3 is 2.42 bits per heavy atom. The Morgan fingerprint density at radius 1 is 1.00 bits per heavy atom. The van der Waals surface area contributed by atoms with Gasteiger partial charge in [0, 0.05) is 11.8 Å². The summed E-state index contributed by atoms with van der Waals surface area (Å²) < 4.78 is 24.6. The first kappa shape index (κ1) is 11.8. The van der Waals surface area contributed by atoms with Gasteiger partial charge in [0.15, 0.2) is 0 Å². The molecule has 0 saturated heterocycles. The Kier molecular flexibility index (Phi) is 2.57. The molecule has 1 aromatic heterocycles. The number of allylic oxidation sites excluding steroid dienone is 1. The molecule has 5 heteroatoms. The van der Waals surface area contributed by atoms with E-state index in [1.807, 2.05) is 0 Å². The largest absolute Gasteiger partial charge is 0.288 e. The Hall–Kier alpha value is -2.27. The van der Waals surface area contributed by atoms with E-state index in [2.05, 4.69) is 4.98 Å². The molecule has 0 bridgehead atoms. The highest BCUT2D eigenvalue weighted by Crippen LogP contribution is 2.34. The highest BCUT2D eigenvalue weighted by atomic mass is 32.2. The van der Waals surface area contributed by atoms with Gasteiger partial charge in [0.05, 0.1) is 10.6 Å². The standard InChI is InChI=1S/C14H9NO3S/c16-14-11-6-1-2-7-12(11)19(17,18)13(14)9-10-5-3-4-8-15-10/h1-9H/b13-9+. The van der Waals surface area contributed by atoms with Gasteiger partial charge in [-0.25, -0.2) is 8.42 Å². The Labute approximate surface area is 110 Å². The summed E-state index contributed by atoms with van der Waals surface area (Å²) in [6.07, 6.45) is 2.86. The van der Waals surface area contributed by atoms with Crippen molar-refractivity contribution in [3.63, 3.8) is 0 Å². The predicted molar refractivity (Wildman–Crippen MR) is 70.2 cm³/mol. The molecule has 0 fully saturated rings. The van der Waals surface area contributed by atoms with Crippen LogP contribution in [0.4, 0.5) is 0 Å². The zero-order valence-electron chi connectivity index (χ0n) is 9.78. The van der Waals surface area contributed by atoms with E-state index in [0.29, 0.717) is 5.69 Å². The minimum atomic E-state index is -3.72. The number of nitrogens with zero attached hydrogens (tertiary/aromatic N) is 1. The summed E-state index contributed by atoms with van der Waals surface area (Å²) in [6, 6.07) is 11.3. The first-order valence-corrected chi connectivity index (χ1v) is 7.10. The van der Waals surface area contributed by atoms with Gasteiger partial charge >= 0.3 is 0 Å². The van der Waals surface area contributed by atoms with Gasteiger partial charge in [-0.15, -0.1) is 0 Å². The van der Waals surface area contributed by atoms with Crippen molar-refractivity contribution in [1.82, 2.24) is 4.98 Å². The molecule has 2 aromatic rings. The van der Waals surface area contributed by atoms with E-state index in [4.69, 9.17) is 0 Å². The molecule has 3 rings (SSSR count). The summed E-state index contributed by atoms with van der Waals surface area (Å²) in [5, 5.41) is 0. The molecule has 19 heavy (non-hydrogen) atoms. The van der Waals surface area contributed by atoms with Crippen LogP contribution in [0.5, 0.6) is 0 Å². The maximum absolute atomic E-state index is 12.3. The van der Waals surface area contributed by atoms with E-state index in [9.17, 15) is 13.2 Å². The zero-order valence-corrected chi connectivity index (χ0v) is 10.6. The van der Waals surface area contributed by atoms with E-state index >= 15 is 0 Å². The van der Waals surface area contributed by atoms with Gasteiger partial charge < -0.3 is 0 Å². The first-order chi connectivity index (χ1) is 9.10. The average Bonchev–Trinajstić information content (AvgIpc) is 2.62. The molecule has 1 aliphatic rings. The SMILES string of the molecule is O=C1/C(=C\c2ccccn2)S(=O)(=O)c2ccccc21. The van der Waals surface area contributed by atoms with Crippen LogP contribution >= 0.6 is 0 Å². The molecule has 0 atom stereocenters. The lowest BCUT2D eigenvalue weighted by Gasteiger charge is -1.96. The van der Waals surface area contributed by atoms with Crippen LogP contribution in [0.25, 0.3) is 6.08 Å². The molecular weight excluding hydrogens is 262 g/mol. The maximum atomic E-state index is 12.3. The number of carbonyl (C=O) groups excluding carboxylic acids is 1. The molecule has 0 saturated carbocycles. The molecule has 2 heterocycles. The average molecular weight is 271 g/mol. The summed E-state index contributed by atoms with van der Waals surface area (Å²) in [4.78, 5) is 16.0. The van der Waals surface area contributed by atoms with Gasteiger partial charge in [-0.1, -0.05) is 18.2 Å². The van der Waals surface area contributed by atoms with Crippen LogP contribution in [0.15, 0.2) is 58.5 Å². The lowest BCUT2D eigenvalue weighted by atomic mass is 10.1. The van der Waals surface area contributed by atoms with Crippen LogP contribution in [0, 0.1) is 0 Å². The number of rotatable bonds is 1. The van der Waals surface area contributed by atoms with Crippen molar-refractivity contribution < 1.29 is 13.2 Å². The molecule has 0 aliphatic carbocycles. The number of ketones is 1. The van der Waals surface area contributed by atoms with Crippen LogP contribution in [0.3, 0.4) is 0 Å². The second-order valence-corrected chi connectivity index (χ2v) is 5.98. The lowest BCUT2D eigenvalue weighted by molar-refractivity contribution is 0.104. The molecule has 4 nitrogen and oxygen atoms in total. The van der Waals surface area contributed by atoms with Crippen molar-refractivity contribution in [2.45, 2.75) is 4.90 Å². The van der Waals surface area contributed by atoms with E-state index in [1.165, 1.54) is 18.2 Å². The Morgan fingerprint density at radius 2 is 1.74 bits per heavy atom. The molecule has 0 N–H and O–H groups in total. The number of hydrogen-bond acceptors (Lipinski definition) is 4. The Balaban J connectivity index is 2.22. The molecule has 1 aromatic carbocycles. The van der Waals surface area contributed by atoms with Crippen molar-refractivity contribution >= 4 is 21.7 Å². The van der Waals surface area contributed by atoms with Crippen molar-refractivity contribution in [2.24, 2.45) is 0 Å². The Bertz CT molecular complexity index is 792. The van der Waals surface area contributed by atoms with Crippen LogP contribution in [0.1, 0.15) is 16.1 Å². The lowest BCUT2D eigenvalue weighted by Crippen LogP contribution is -2.02. The van der Waals surface area contributed by atoms with Gasteiger partial charge in [0.25, 0.3) is 0 Å². The second-order valence-electron chi connectivity index (χ2n) is 4.09. The topological polar surface area (TPSA) is 64.1 Å². The van der Waals surface area contributed by atoms with E-state index in [0.717, 1.165) is 0 Å². The minimum absolute atomic E-state index is 0.0715. The highest BCUT2D eigenvalue weighted by molar-refractivity contribution is 7.97. The summed E-state index contributed by atoms with van der Waals surface area (Å²) in [7, 11) is -3.72. The number of pyridine rings is 1. The van der Waals surface area contributed by atoms with Crippen molar-refractivity contribution in [3.8, 4) is 0 Å². The number of fused-ring (bicyclic) bond motifs is 1. The highest BCUT2D eigenvalue weighted by Gasteiger charge is 2.38. The van der Waals surface area contributed by atoms with E-state index < -0.39 is 15.6 Å². The summed E-state index contributed by atoms with van der Waals surface area (Å²) in [5.74, 6) is -0.471. The van der Waals surface area contributed by atoms with Gasteiger partial charge in [-0.2, -0.15) is 0 Å². The van der Waals surface area contributed by atoms with Crippen LogP contribution in [0.2, 0.25) is 0 Å². The number of Topliss-reactive ketones (excluding diaryl/α,β-unsaturated/α-hetero) is 1. The van der Waals surface area contributed by atoms with Gasteiger partial charge in [0.1, 0.15) is 4.91 Å². The summed E-state index contributed by atoms with van der Waals surface area (Å²) in [5.41, 5.74) is 0.673. The quantitative estimate of drug-likeness (QED) is 0.745. The van der Waals surface area contributed by atoms with Crippen LogP contribution < -0.4 is 0 Å². The second kappa shape index (κ2) is 4.13. The summed E-state index contributed by atoms with van der Waals surface area (Å²) in [6.45, 7) is 0. The van der Waals surface area contributed by atoms with Crippen molar-refractivity contribution in [2.75, 3.05) is 0 Å². The van der Waals surface area contributed by atoms with Crippen molar-refractivity contribution in [1.29, 1.82) is 0 Å². The molecule has 0 amide bonds. The smallest absolute Gasteiger partial charge is 0.211 e. The third kappa shape index (κ3) is 1.79. The predicted octanol–water partition coefficient (Wildman–Crippen LogP) is 2.09. The molecule has 94 valence electrons. The maximum Gasteiger partial charge on any atom is 0.211 e. The van der Waals surface area contributed by atoms with Gasteiger partial charge in [0.2, 0.25) is 15.6 Å². The van der Waals surface area contributed by atoms with Gasteiger partial charge in [-0.3, -0.25) is 9.78 Å². The van der Waals surface area contributed by atoms with E-state index in [-0.39, 0.29) is 15.4 Å². The molecule has 1 aliphatic heterocycles. The number of aromatic nitrogens is 1. The van der Waals surface area contributed by atoms with Gasteiger partial charge in [-0.05, 0) is 30.3 Å². The molecule has 0 unspecified atom stereocenters. The fourth-order valence-electron chi connectivity index (χ4n) is 2.00. The monoisotopic (exact) mass is 271 g/mol. The minimum Gasteiger partial charge on any atom is -0.288 e. The normalized spacial score (nSPS) is 18.5. The number of hydrogen-bond donors (Lipinski definition) is 0. The van der Waals surface area contributed by atoms with E-state index in [1.54, 1.807) is 36.5 Å². The third-order valence-corrected chi connectivity index (χ3v) is 4.72. The molecular formula is C14H9NO3S. The molecule has 0 radical (unpaired) electrons. The fraction of sp³-hybridized carbons (Fsp3) is 0. The zero-order chi connectivity index (χ0) is 13.5. The molecule has 0 spiro atoms. The fourth-order valence-corrected chi connectivity index (χ4v) is 3.58. The van der Waals surface area contributed by atoms with Crippen LogP contribution in [-0.4, -0.2) is 19.2 Å². The van der Waals surface area contributed by atoms with Crippen molar-refractivity contribution in [3.05, 3.63) is 64.8 Å². The number of carbonyl (C=O) groups is 1. The van der Waals surface area contributed by atoms with Crippen LogP contribution in [-0.2, 0) is 9.84 Å². The third-order valence-electron chi connectivity index (χ3n) is 2.90. The summed E-state index contributed by atoms with van der Waals surface area (Å²) >= 11 is 0. The number of benzene rings is 1. The first-order valence-electron chi connectivity index (χ1n) is 5.62. The number of sulfone groups is 1.